The molecule has 10 nitrogen and oxygen atoms in total. The molecule has 0 saturated carbocycles. The van der Waals surface area contributed by atoms with Crippen molar-refractivity contribution in [2.45, 2.75) is 32.9 Å². The zero-order valence-electron chi connectivity index (χ0n) is 21.5. The van der Waals surface area contributed by atoms with E-state index in [1.54, 1.807) is 6.20 Å². The van der Waals surface area contributed by atoms with Gasteiger partial charge in [0.2, 0.25) is 0 Å². The van der Waals surface area contributed by atoms with E-state index in [0.717, 1.165) is 41.2 Å². The number of amides is 1. The van der Waals surface area contributed by atoms with Crippen LogP contribution in [0.25, 0.3) is 16.6 Å². The largest absolute Gasteiger partial charge is 0.467 e. The van der Waals surface area contributed by atoms with Crippen molar-refractivity contribution in [3.63, 3.8) is 0 Å². The fraction of sp³-hybridized carbons (Fsp3) is 0.385. The minimum absolute atomic E-state index is 0.223. The summed E-state index contributed by atoms with van der Waals surface area (Å²) < 4.78 is 7.22. The number of imidazole rings is 1. The lowest BCUT2D eigenvalue weighted by atomic mass is 10.0. The minimum atomic E-state index is -0.254. The molecule has 4 heterocycles. The zero-order valence-corrected chi connectivity index (χ0v) is 21.5. The van der Waals surface area contributed by atoms with Crippen LogP contribution < -0.4 is 25.2 Å². The molecule has 0 aliphatic carbocycles. The zero-order chi connectivity index (χ0) is 25.6. The number of piperazine rings is 1. The Bertz CT molecular complexity index is 1440. The number of nitrogens with one attached hydrogen (secondary N) is 2. The lowest BCUT2D eigenvalue weighted by Crippen LogP contribution is -2.54. The summed E-state index contributed by atoms with van der Waals surface area (Å²) in [4.78, 5) is 31.4. The monoisotopic (exact) mass is 488 g/mol. The Hall–Kier alpha value is -3.92. The first-order valence-electron chi connectivity index (χ1n) is 12.1. The molecule has 1 aliphatic rings. The van der Waals surface area contributed by atoms with E-state index in [4.69, 9.17) is 4.74 Å². The highest BCUT2D eigenvalue weighted by molar-refractivity contribution is 6.14. The van der Waals surface area contributed by atoms with Crippen molar-refractivity contribution in [1.29, 1.82) is 0 Å². The highest BCUT2D eigenvalue weighted by Gasteiger charge is 2.25. The van der Waals surface area contributed by atoms with E-state index in [1.807, 2.05) is 60.9 Å². The van der Waals surface area contributed by atoms with Crippen LogP contribution in [0.5, 0.6) is 6.01 Å². The number of nitrogens with zero attached hydrogens (tertiary/aromatic N) is 6. The van der Waals surface area contributed by atoms with Gasteiger partial charge in [-0.15, -0.1) is 0 Å². The summed E-state index contributed by atoms with van der Waals surface area (Å²) in [5.41, 5.74) is 5.34. The summed E-state index contributed by atoms with van der Waals surface area (Å²) >= 11 is 0. The number of aromatic nitrogens is 4. The van der Waals surface area contributed by atoms with E-state index in [9.17, 15) is 4.79 Å². The third-order valence-electron chi connectivity index (χ3n) is 6.42. The average molecular weight is 489 g/mol. The quantitative estimate of drug-likeness (QED) is 0.442. The summed E-state index contributed by atoms with van der Waals surface area (Å²) in [5, 5.41) is 7.44. The summed E-state index contributed by atoms with van der Waals surface area (Å²) in [6, 6.07) is 6.67. The van der Waals surface area contributed by atoms with Gasteiger partial charge in [0.15, 0.2) is 5.65 Å². The number of aryl methyl sites for hydroxylation is 1. The molecule has 3 aromatic heterocycles. The van der Waals surface area contributed by atoms with E-state index >= 15 is 0 Å². The number of hydrogen-bond acceptors (Lipinski definition) is 8. The van der Waals surface area contributed by atoms with Crippen LogP contribution in [0.2, 0.25) is 0 Å². The Morgan fingerprint density at radius 1 is 1.17 bits per heavy atom. The molecule has 0 unspecified atom stereocenters. The fourth-order valence-corrected chi connectivity index (χ4v) is 4.97. The van der Waals surface area contributed by atoms with Gasteiger partial charge in [0.25, 0.3) is 5.91 Å². The van der Waals surface area contributed by atoms with Crippen LogP contribution in [0.1, 0.15) is 29.9 Å². The van der Waals surface area contributed by atoms with Crippen LogP contribution in [-0.2, 0) is 0 Å². The molecule has 1 aliphatic heterocycles. The van der Waals surface area contributed by atoms with Gasteiger partial charge in [-0.3, -0.25) is 4.79 Å². The van der Waals surface area contributed by atoms with E-state index < -0.39 is 0 Å². The first-order valence-corrected chi connectivity index (χ1v) is 12.1. The molecule has 10 heteroatoms. The predicted octanol–water partition coefficient (Wildman–Crippen LogP) is 3.10. The number of rotatable bonds is 5. The molecule has 5 rings (SSSR count). The second kappa shape index (κ2) is 9.27. The van der Waals surface area contributed by atoms with Crippen molar-refractivity contribution in [3.8, 4) is 6.01 Å². The number of pyridine rings is 1. The second-order valence-corrected chi connectivity index (χ2v) is 9.70. The van der Waals surface area contributed by atoms with Gasteiger partial charge < -0.3 is 29.6 Å². The first-order chi connectivity index (χ1) is 17.2. The molecule has 1 aromatic carbocycles. The van der Waals surface area contributed by atoms with Crippen LogP contribution in [0, 0.1) is 6.92 Å². The van der Waals surface area contributed by atoms with Gasteiger partial charge in [-0.05, 0) is 39.0 Å². The number of fused-ring (bicyclic) bond motifs is 2. The normalized spacial score (nSPS) is 18.0. The number of carbonyl (C=O) groups is 1. The number of carbonyl (C=O) groups excluding carboxylic acids is 1. The predicted molar refractivity (Wildman–Crippen MR) is 143 cm³/mol. The van der Waals surface area contributed by atoms with Crippen molar-refractivity contribution < 1.29 is 9.53 Å². The molecule has 188 valence electrons. The standard InChI is InChI=1S/C26H32N8O2/c1-15-11-33(12-16(2)28-15)21-8-7-19(23-20(21)10-27-26(31-23)36-6)25(35)30-18-9-22(32(4)5)24-29-17(3)13-34(24)14-18/h7-10,13-16,28H,11-12H2,1-6H3,(H,30,35)/t15-,16-/m0/s1. The maximum Gasteiger partial charge on any atom is 0.316 e. The molecule has 1 saturated heterocycles. The lowest BCUT2D eigenvalue weighted by Gasteiger charge is -2.38. The van der Waals surface area contributed by atoms with Gasteiger partial charge in [0, 0.05) is 68.9 Å². The Morgan fingerprint density at radius 3 is 2.61 bits per heavy atom. The third kappa shape index (κ3) is 4.39. The molecular formula is C26H32N8O2. The Balaban J connectivity index is 1.55. The first kappa shape index (κ1) is 23.8. The van der Waals surface area contributed by atoms with E-state index in [2.05, 4.69) is 44.3 Å². The fourth-order valence-electron chi connectivity index (χ4n) is 4.97. The van der Waals surface area contributed by atoms with Crippen molar-refractivity contribution in [3.05, 3.63) is 48.0 Å². The van der Waals surface area contributed by atoms with Gasteiger partial charge in [-0.1, -0.05) is 0 Å². The number of benzene rings is 1. The van der Waals surface area contributed by atoms with Gasteiger partial charge in [-0.2, -0.15) is 4.98 Å². The van der Waals surface area contributed by atoms with E-state index in [-0.39, 0.29) is 11.9 Å². The van der Waals surface area contributed by atoms with Gasteiger partial charge in [0.1, 0.15) is 0 Å². The Labute approximate surface area is 210 Å². The molecule has 2 N–H and O–H groups in total. The summed E-state index contributed by atoms with van der Waals surface area (Å²) in [7, 11) is 5.44. The minimum Gasteiger partial charge on any atom is -0.467 e. The number of methoxy groups -OCH3 is 1. The molecule has 4 aromatic rings. The highest BCUT2D eigenvalue weighted by Crippen LogP contribution is 2.31. The number of anilines is 3. The van der Waals surface area contributed by atoms with Crippen molar-refractivity contribution in [2.75, 3.05) is 49.4 Å². The SMILES string of the molecule is COc1ncc2c(N3C[C@H](C)N[C@@H](C)C3)ccc(C(=O)Nc3cc(N(C)C)c4nc(C)cn4c3)c2n1. The number of ether oxygens (including phenoxy) is 1. The molecule has 0 radical (unpaired) electrons. The van der Waals surface area contributed by atoms with Crippen LogP contribution in [0.3, 0.4) is 0 Å². The topological polar surface area (TPSA) is 99.9 Å². The van der Waals surface area contributed by atoms with Crippen LogP contribution in [0.4, 0.5) is 17.1 Å². The lowest BCUT2D eigenvalue weighted by molar-refractivity contribution is 0.102. The van der Waals surface area contributed by atoms with Crippen molar-refractivity contribution in [1.82, 2.24) is 24.7 Å². The van der Waals surface area contributed by atoms with Crippen LogP contribution in [-0.4, -0.2) is 71.6 Å². The Morgan fingerprint density at radius 2 is 1.92 bits per heavy atom. The molecule has 0 spiro atoms. The van der Waals surface area contributed by atoms with Crippen LogP contribution in [0.15, 0.2) is 36.8 Å². The third-order valence-corrected chi connectivity index (χ3v) is 6.42. The van der Waals surface area contributed by atoms with E-state index in [0.29, 0.717) is 28.9 Å². The maximum absolute atomic E-state index is 13.6. The van der Waals surface area contributed by atoms with Gasteiger partial charge in [0.05, 0.1) is 35.3 Å². The average Bonchev–Trinajstić information content (AvgIpc) is 3.21. The van der Waals surface area contributed by atoms with Gasteiger partial charge in [-0.25, -0.2) is 9.97 Å². The number of hydrogen-bond donors (Lipinski definition) is 2. The molecule has 1 amide bonds. The van der Waals surface area contributed by atoms with Crippen LogP contribution >= 0.6 is 0 Å². The maximum atomic E-state index is 13.6. The molecule has 1 fully saturated rings. The second-order valence-electron chi connectivity index (χ2n) is 9.70. The highest BCUT2D eigenvalue weighted by atomic mass is 16.5. The summed E-state index contributed by atoms with van der Waals surface area (Å²) in [6.45, 7) is 8.01. The molecule has 36 heavy (non-hydrogen) atoms. The molecule has 2 atom stereocenters. The smallest absolute Gasteiger partial charge is 0.316 e. The molecule has 0 bridgehead atoms. The summed E-state index contributed by atoms with van der Waals surface area (Å²) in [5.74, 6) is -0.254. The van der Waals surface area contributed by atoms with Crippen molar-refractivity contribution >= 4 is 39.5 Å². The summed E-state index contributed by atoms with van der Waals surface area (Å²) in [6.07, 6.45) is 5.56. The Kier molecular flexibility index (Phi) is 6.13. The molecular weight excluding hydrogens is 456 g/mol. The van der Waals surface area contributed by atoms with Gasteiger partial charge >= 0.3 is 6.01 Å². The van der Waals surface area contributed by atoms with E-state index in [1.165, 1.54) is 7.11 Å². The van der Waals surface area contributed by atoms with Crippen molar-refractivity contribution in [2.24, 2.45) is 0 Å².